The number of carboxylic acid groups (broad SMARTS) is 1. The van der Waals surface area contributed by atoms with Gasteiger partial charge in [0.05, 0.1) is 6.10 Å². The van der Waals surface area contributed by atoms with Crippen LogP contribution in [0.15, 0.2) is 30.4 Å². The quantitative estimate of drug-likeness (QED) is 0.320. The largest absolute Gasteiger partial charge is 0.481 e. The number of aliphatic hydroxyl groups is 1. The molecule has 5 nitrogen and oxygen atoms in total. The average molecular weight is 427 g/mol. The molecule has 1 aliphatic rings. The third-order valence-electron chi connectivity index (χ3n) is 5.01. The summed E-state index contributed by atoms with van der Waals surface area (Å²) in [6, 6.07) is 4.57. The van der Waals surface area contributed by atoms with Crippen LogP contribution in [0.1, 0.15) is 55.3 Å². The number of carbonyl (C=O) groups excluding carboxylic acids is 2. The Hall–Kier alpha value is -1.69. The van der Waals surface area contributed by atoms with Gasteiger partial charge in [-0.1, -0.05) is 48.5 Å². The smallest absolute Gasteiger partial charge is 0.303 e. The molecule has 7 heteroatoms. The van der Waals surface area contributed by atoms with Gasteiger partial charge in [-0.15, -0.1) is 0 Å². The highest BCUT2D eigenvalue weighted by Crippen LogP contribution is 2.34. The van der Waals surface area contributed by atoms with E-state index in [1.165, 1.54) is 24.3 Å². The molecule has 1 aliphatic carbocycles. The van der Waals surface area contributed by atoms with Crippen molar-refractivity contribution in [1.82, 2.24) is 0 Å². The highest BCUT2D eigenvalue weighted by atomic mass is 35.5. The number of aliphatic carboxylic acids is 1. The zero-order valence-electron chi connectivity index (χ0n) is 15.4. The molecule has 1 saturated carbocycles. The molecule has 0 bridgehead atoms. The van der Waals surface area contributed by atoms with Gasteiger partial charge in [0, 0.05) is 40.3 Å². The van der Waals surface area contributed by atoms with Gasteiger partial charge in [-0.05, 0) is 37.1 Å². The van der Waals surface area contributed by atoms with Gasteiger partial charge >= 0.3 is 5.97 Å². The van der Waals surface area contributed by atoms with Crippen LogP contribution < -0.4 is 0 Å². The summed E-state index contributed by atoms with van der Waals surface area (Å²) in [5, 5.41) is 19.6. The molecule has 2 rings (SSSR count). The van der Waals surface area contributed by atoms with Crippen LogP contribution in [0, 0.1) is 11.8 Å². The zero-order chi connectivity index (χ0) is 20.7. The van der Waals surface area contributed by atoms with E-state index >= 15 is 0 Å². The lowest BCUT2D eigenvalue weighted by Gasteiger charge is -2.17. The zero-order valence-corrected chi connectivity index (χ0v) is 17.0. The summed E-state index contributed by atoms with van der Waals surface area (Å²) in [5.41, 5.74) is 0.350. The molecule has 1 aromatic carbocycles. The molecule has 0 spiro atoms. The monoisotopic (exact) mass is 426 g/mol. The maximum absolute atomic E-state index is 12.4. The lowest BCUT2D eigenvalue weighted by molar-refractivity contribution is -0.137. The van der Waals surface area contributed by atoms with Crippen molar-refractivity contribution in [2.75, 3.05) is 0 Å². The predicted octanol–water partition coefficient (Wildman–Crippen LogP) is 4.72. The van der Waals surface area contributed by atoms with E-state index in [-0.39, 0.29) is 30.3 Å². The number of benzene rings is 1. The molecule has 0 heterocycles. The Bertz CT molecular complexity index is 739. The van der Waals surface area contributed by atoms with Crippen LogP contribution in [-0.2, 0) is 9.59 Å². The van der Waals surface area contributed by atoms with E-state index in [0.29, 0.717) is 28.5 Å². The summed E-state index contributed by atoms with van der Waals surface area (Å²) in [4.78, 5) is 35.1. The van der Waals surface area contributed by atoms with Crippen molar-refractivity contribution >= 4 is 40.7 Å². The minimum Gasteiger partial charge on any atom is -0.481 e. The lowest BCUT2D eigenvalue weighted by atomic mass is 9.88. The van der Waals surface area contributed by atoms with Crippen molar-refractivity contribution in [1.29, 1.82) is 0 Å². The summed E-state index contributed by atoms with van der Waals surface area (Å²) in [7, 11) is 0. The number of halogens is 2. The fourth-order valence-electron chi connectivity index (χ4n) is 3.58. The number of carbonyl (C=O) groups is 3. The standard InChI is InChI=1S/C21H24Cl2O5/c22-14-9-13(10-15(23)11-14)18(24)8-7-17-16(19(25)12-20(17)26)5-3-1-2-4-6-21(27)28/h7-11,16-17,20,26H,1-6,12H2,(H,27,28). The molecule has 0 aromatic heterocycles. The Morgan fingerprint density at radius 1 is 1.07 bits per heavy atom. The van der Waals surface area contributed by atoms with E-state index < -0.39 is 18.0 Å². The molecule has 0 amide bonds. The van der Waals surface area contributed by atoms with E-state index in [9.17, 15) is 19.5 Å². The summed E-state index contributed by atoms with van der Waals surface area (Å²) in [6.07, 6.45) is 6.09. The van der Waals surface area contributed by atoms with Gasteiger partial charge in [0.1, 0.15) is 5.78 Å². The highest BCUT2D eigenvalue weighted by molar-refractivity contribution is 6.35. The van der Waals surface area contributed by atoms with E-state index in [2.05, 4.69) is 0 Å². The van der Waals surface area contributed by atoms with Crippen molar-refractivity contribution < 1.29 is 24.6 Å². The molecule has 1 aromatic rings. The van der Waals surface area contributed by atoms with Crippen LogP contribution in [0.5, 0.6) is 0 Å². The number of Topliss-reactive ketones (excluding diaryl/α,β-unsaturated/α-hetero) is 1. The van der Waals surface area contributed by atoms with Gasteiger partial charge in [0.2, 0.25) is 0 Å². The number of hydrogen-bond acceptors (Lipinski definition) is 4. The van der Waals surface area contributed by atoms with Crippen LogP contribution in [-0.4, -0.2) is 33.9 Å². The molecule has 3 unspecified atom stereocenters. The lowest BCUT2D eigenvalue weighted by Crippen LogP contribution is -2.19. The second kappa shape index (κ2) is 10.7. The van der Waals surface area contributed by atoms with E-state index in [0.717, 1.165) is 19.3 Å². The first-order chi connectivity index (χ1) is 13.3. The van der Waals surface area contributed by atoms with Crippen molar-refractivity contribution in [3.05, 3.63) is 46.0 Å². The van der Waals surface area contributed by atoms with E-state index in [1.807, 2.05) is 0 Å². The molecule has 3 atom stereocenters. The summed E-state index contributed by atoms with van der Waals surface area (Å²) >= 11 is 11.8. The number of ketones is 2. The topological polar surface area (TPSA) is 91.7 Å². The fourth-order valence-corrected chi connectivity index (χ4v) is 4.10. The van der Waals surface area contributed by atoms with Gasteiger partial charge in [0.25, 0.3) is 0 Å². The Labute approximate surface area is 174 Å². The third kappa shape index (κ3) is 6.73. The minimum atomic E-state index is -0.801. The number of carboxylic acids is 1. The third-order valence-corrected chi connectivity index (χ3v) is 5.44. The second-order valence-corrected chi connectivity index (χ2v) is 8.02. The molecule has 1 fully saturated rings. The van der Waals surface area contributed by atoms with Crippen LogP contribution >= 0.6 is 23.2 Å². The van der Waals surface area contributed by atoms with Crippen molar-refractivity contribution in [2.24, 2.45) is 11.8 Å². The maximum Gasteiger partial charge on any atom is 0.303 e. The first kappa shape index (κ1) is 22.6. The van der Waals surface area contributed by atoms with Gasteiger partial charge < -0.3 is 10.2 Å². The number of allylic oxidation sites excluding steroid dienone is 1. The predicted molar refractivity (Wildman–Crippen MR) is 108 cm³/mol. The minimum absolute atomic E-state index is 0.00550. The fraction of sp³-hybridized carbons (Fsp3) is 0.476. The first-order valence-electron chi connectivity index (χ1n) is 9.39. The Morgan fingerprint density at radius 3 is 2.36 bits per heavy atom. The Morgan fingerprint density at radius 2 is 1.71 bits per heavy atom. The number of unbranched alkanes of at least 4 members (excludes halogenated alkanes) is 3. The molecular formula is C21H24Cl2O5. The van der Waals surface area contributed by atoms with Crippen LogP contribution in [0.4, 0.5) is 0 Å². The molecule has 0 aliphatic heterocycles. The van der Waals surface area contributed by atoms with Gasteiger partial charge in [0.15, 0.2) is 5.78 Å². The number of aliphatic hydroxyl groups excluding tert-OH is 1. The number of rotatable bonds is 10. The maximum atomic E-state index is 12.4. The average Bonchev–Trinajstić information content (AvgIpc) is 2.87. The normalized spacial score (nSPS) is 22.1. The highest BCUT2D eigenvalue weighted by Gasteiger charge is 2.39. The molecule has 152 valence electrons. The summed E-state index contributed by atoms with van der Waals surface area (Å²) < 4.78 is 0. The van der Waals surface area contributed by atoms with Crippen molar-refractivity contribution in [3.63, 3.8) is 0 Å². The van der Waals surface area contributed by atoms with Gasteiger partial charge in [-0.25, -0.2) is 0 Å². The number of hydrogen-bond donors (Lipinski definition) is 2. The molecular weight excluding hydrogens is 403 g/mol. The molecule has 0 radical (unpaired) electrons. The van der Waals surface area contributed by atoms with Crippen LogP contribution in [0.3, 0.4) is 0 Å². The van der Waals surface area contributed by atoms with E-state index in [4.69, 9.17) is 28.3 Å². The van der Waals surface area contributed by atoms with Crippen molar-refractivity contribution in [2.45, 2.75) is 51.0 Å². The SMILES string of the molecule is O=C(O)CCCCCCC1C(=O)CC(O)C1C=CC(=O)c1cc(Cl)cc(Cl)c1. The molecule has 0 saturated heterocycles. The summed E-state index contributed by atoms with van der Waals surface area (Å²) in [6.45, 7) is 0. The molecule has 28 heavy (non-hydrogen) atoms. The molecule has 2 N–H and O–H groups in total. The summed E-state index contributed by atoms with van der Waals surface area (Å²) in [5.74, 6) is -1.80. The van der Waals surface area contributed by atoms with Gasteiger partial charge in [-0.3, -0.25) is 14.4 Å². The first-order valence-corrected chi connectivity index (χ1v) is 10.1. The van der Waals surface area contributed by atoms with Crippen molar-refractivity contribution in [3.8, 4) is 0 Å². The van der Waals surface area contributed by atoms with Crippen LogP contribution in [0.25, 0.3) is 0 Å². The second-order valence-electron chi connectivity index (χ2n) is 7.15. The van der Waals surface area contributed by atoms with E-state index in [1.54, 1.807) is 6.08 Å². The Kier molecular flexibility index (Phi) is 8.67. The van der Waals surface area contributed by atoms with Gasteiger partial charge in [-0.2, -0.15) is 0 Å². The van der Waals surface area contributed by atoms with Crippen LogP contribution in [0.2, 0.25) is 10.0 Å². The Balaban J connectivity index is 1.93.